The van der Waals surface area contributed by atoms with Crippen LogP contribution in [0.5, 0.6) is 0 Å². The number of rotatable bonds is 4. The molecule has 162 valence electrons. The van der Waals surface area contributed by atoms with Gasteiger partial charge in [0.05, 0.1) is 10.9 Å². The Hall–Kier alpha value is -2.85. The number of benzene rings is 3. The molecule has 32 heavy (non-hydrogen) atoms. The number of amides is 1. The average molecular weight is 533 g/mol. The van der Waals surface area contributed by atoms with Gasteiger partial charge in [0.2, 0.25) is 0 Å². The number of halogens is 2. The van der Waals surface area contributed by atoms with Crippen LogP contribution in [0.3, 0.4) is 0 Å². The standard InChI is InChI=1S/C22H15BrClN3O4S/c1-13-9-16-20(17(23)10-13)25-12-26(21(16)28)27(22(29)30)18-11-14(24)7-8-19(18)32(31)15-5-3-2-4-6-15/h2-12H,1H3,(H,29,30). The summed E-state index contributed by atoms with van der Waals surface area (Å²) in [6.45, 7) is 1.81. The predicted molar refractivity (Wildman–Crippen MR) is 127 cm³/mol. The van der Waals surface area contributed by atoms with E-state index >= 15 is 0 Å². The summed E-state index contributed by atoms with van der Waals surface area (Å²) in [5.41, 5.74) is 0.596. The van der Waals surface area contributed by atoms with E-state index in [4.69, 9.17) is 11.6 Å². The molecule has 1 atom stereocenters. The van der Waals surface area contributed by atoms with Gasteiger partial charge in [0.1, 0.15) is 12.0 Å². The van der Waals surface area contributed by atoms with E-state index in [-0.39, 0.29) is 21.0 Å². The Balaban J connectivity index is 1.95. The molecule has 0 fully saturated rings. The number of hydrogen-bond donors (Lipinski definition) is 1. The van der Waals surface area contributed by atoms with Gasteiger partial charge < -0.3 is 9.66 Å². The minimum absolute atomic E-state index is 0.0119. The molecule has 7 nitrogen and oxygen atoms in total. The van der Waals surface area contributed by atoms with Crippen LogP contribution >= 0.6 is 27.5 Å². The number of nitrogens with zero attached hydrogens (tertiary/aromatic N) is 3. The molecule has 4 rings (SSSR count). The highest BCUT2D eigenvalue weighted by Crippen LogP contribution is 2.33. The molecule has 0 aliphatic heterocycles. The van der Waals surface area contributed by atoms with Gasteiger partial charge in [-0.05, 0) is 70.9 Å². The maximum atomic E-state index is 13.3. The lowest BCUT2D eigenvalue weighted by Crippen LogP contribution is -2.43. The first kappa shape index (κ1) is 22.3. The fourth-order valence-corrected chi connectivity index (χ4v) is 5.28. The monoisotopic (exact) mass is 531 g/mol. The van der Waals surface area contributed by atoms with Gasteiger partial charge in [-0.1, -0.05) is 29.8 Å². The Labute approximate surface area is 199 Å². The van der Waals surface area contributed by atoms with E-state index in [0.717, 1.165) is 16.6 Å². The summed E-state index contributed by atoms with van der Waals surface area (Å²) in [5.74, 6) is 0. The Morgan fingerprint density at radius 3 is 2.59 bits per heavy atom. The molecule has 0 bridgehead atoms. The zero-order valence-corrected chi connectivity index (χ0v) is 19.7. The highest BCUT2D eigenvalue weighted by molar-refractivity contribution is 9.10. The topological polar surface area (TPSA) is 98.5 Å². The molecule has 1 heterocycles. The lowest BCUT2D eigenvalue weighted by Gasteiger charge is -2.24. The second kappa shape index (κ2) is 8.95. The van der Waals surface area contributed by atoms with Crippen molar-refractivity contribution in [3.05, 3.63) is 92.4 Å². The van der Waals surface area contributed by atoms with E-state index in [0.29, 0.717) is 19.9 Å². The zero-order valence-electron chi connectivity index (χ0n) is 16.5. The molecule has 3 aromatic carbocycles. The minimum atomic E-state index is -1.73. The smallest absolute Gasteiger partial charge is 0.431 e. The van der Waals surface area contributed by atoms with Crippen LogP contribution in [0.15, 0.2) is 86.0 Å². The number of fused-ring (bicyclic) bond motifs is 1. The van der Waals surface area contributed by atoms with Gasteiger partial charge in [0, 0.05) is 20.7 Å². The molecule has 0 aliphatic carbocycles. The third kappa shape index (κ3) is 4.12. The first-order valence-electron chi connectivity index (χ1n) is 9.25. The largest absolute Gasteiger partial charge is 0.606 e. The van der Waals surface area contributed by atoms with Gasteiger partial charge >= 0.3 is 6.09 Å². The van der Waals surface area contributed by atoms with Gasteiger partial charge in [-0.15, -0.1) is 0 Å². The van der Waals surface area contributed by atoms with Crippen molar-refractivity contribution in [1.82, 2.24) is 9.66 Å². The summed E-state index contributed by atoms with van der Waals surface area (Å²) in [6.07, 6.45) is -0.344. The SMILES string of the molecule is Cc1cc(Br)c2ncn(N(C(=O)O)c3cc(Cl)ccc3[S+]([O-])c3ccccc3)c(=O)c2c1. The first-order valence-corrected chi connectivity index (χ1v) is 11.6. The highest BCUT2D eigenvalue weighted by Gasteiger charge is 2.29. The van der Waals surface area contributed by atoms with E-state index in [1.54, 1.807) is 36.4 Å². The average Bonchev–Trinajstić information content (AvgIpc) is 2.76. The van der Waals surface area contributed by atoms with Crippen LogP contribution in [0, 0.1) is 6.92 Å². The second-order valence-corrected chi connectivity index (χ2v) is 9.56. The van der Waals surface area contributed by atoms with Gasteiger partial charge in [-0.25, -0.2) is 9.78 Å². The first-order chi connectivity index (χ1) is 15.3. The van der Waals surface area contributed by atoms with Crippen molar-refractivity contribution in [3.63, 3.8) is 0 Å². The molecule has 0 aliphatic rings. The second-order valence-electron chi connectivity index (χ2n) is 6.83. The van der Waals surface area contributed by atoms with Gasteiger partial charge in [-0.2, -0.15) is 9.69 Å². The Bertz CT molecular complexity index is 1400. The third-order valence-electron chi connectivity index (χ3n) is 4.65. The molecule has 0 radical (unpaired) electrons. The number of carbonyl (C=O) groups is 1. The third-order valence-corrected chi connectivity index (χ3v) is 6.93. The van der Waals surface area contributed by atoms with Gasteiger partial charge in [-0.3, -0.25) is 4.79 Å². The van der Waals surface area contributed by atoms with E-state index in [9.17, 15) is 19.2 Å². The molecule has 4 aromatic rings. The molecular formula is C22H15BrClN3O4S. The summed E-state index contributed by atoms with van der Waals surface area (Å²) >= 11 is 7.81. The van der Waals surface area contributed by atoms with Crippen molar-refractivity contribution in [3.8, 4) is 0 Å². The van der Waals surface area contributed by atoms with Crippen LogP contribution in [0.25, 0.3) is 10.9 Å². The van der Waals surface area contributed by atoms with Crippen LogP contribution < -0.4 is 10.6 Å². The van der Waals surface area contributed by atoms with Crippen LogP contribution in [0.1, 0.15) is 5.56 Å². The van der Waals surface area contributed by atoms with Crippen LogP contribution in [-0.4, -0.2) is 25.4 Å². The molecule has 10 heteroatoms. The highest BCUT2D eigenvalue weighted by atomic mass is 79.9. The van der Waals surface area contributed by atoms with Crippen molar-refractivity contribution in [1.29, 1.82) is 0 Å². The number of aromatic nitrogens is 2. The van der Waals surface area contributed by atoms with E-state index < -0.39 is 22.8 Å². The maximum absolute atomic E-state index is 13.3. The predicted octanol–water partition coefficient (Wildman–Crippen LogP) is 5.24. The van der Waals surface area contributed by atoms with E-state index in [2.05, 4.69) is 20.9 Å². The number of anilines is 1. The molecular weight excluding hydrogens is 518 g/mol. The summed E-state index contributed by atoms with van der Waals surface area (Å²) in [6, 6.07) is 16.4. The van der Waals surface area contributed by atoms with Gasteiger partial charge in [0.15, 0.2) is 9.79 Å². The molecule has 1 amide bonds. The molecule has 1 unspecified atom stereocenters. The maximum Gasteiger partial charge on any atom is 0.431 e. The van der Waals surface area contributed by atoms with E-state index in [1.807, 2.05) is 13.0 Å². The summed E-state index contributed by atoms with van der Waals surface area (Å²) in [5, 5.41) is 11.2. The van der Waals surface area contributed by atoms with Gasteiger partial charge in [0.25, 0.3) is 5.56 Å². The Morgan fingerprint density at radius 1 is 1.19 bits per heavy atom. The van der Waals surface area contributed by atoms with Crippen molar-refractivity contribution >= 4 is 61.4 Å². The fraction of sp³-hybridized carbons (Fsp3) is 0.0455. The lowest BCUT2D eigenvalue weighted by atomic mass is 10.2. The quantitative estimate of drug-likeness (QED) is 0.363. The molecule has 1 aromatic heterocycles. The van der Waals surface area contributed by atoms with Crippen LogP contribution in [-0.2, 0) is 11.2 Å². The lowest BCUT2D eigenvalue weighted by molar-refractivity contribution is 0.198. The number of carboxylic acid groups (broad SMARTS) is 1. The minimum Gasteiger partial charge on any atom is -0.606 e. The molecule has 1 N–H and O–H groups in total. The van der Waals surface area contributed by atoms with Crippen LogP contribution in [0.4, 0.5) is 10.5 Å². The fourth-order valence-electron chi connectivity index (χ4n) is 3.25. The number of aryl methyl sites for hydroxylation is 1. The van der Waals surface area contributed by atoms with E-state index in [1.165, 1.54) is 18.2 Å². The molecule has 0 saturated carbocycles. The van der Waals surface area contributed by atoms with Crippen LogP contribution in [0.2, 0.25) is 5.02 Å². The Kier molecular flexibility index (Phi) is 6.25. The van der Waals surface area contributed by atoms with Crippen molar-refractivity contribution in [2.75, 3.05) is 5.01 Å². The normalized spacial score (nSPS) is 12.0. The molecule has 0 saturated heterocycles. The van der Waals surface area contributed by atoms with Crippen molar-refractivity contribution < 1.29 is 14.5 Å². The zero-order chi connectivity index (χ0) is 23.0. The Morgan fingerprint density at radius 2 is 1.91 bits per heavy atom. The summed E-state index contributed by atoms with van der Waals surface area (Å²) in [7, 11) is 0. The summed E-state index contributed by atoms with van der Waals surface area (Å²) in [4.78, 5) is 30.5. The number of hydrogen-bond acceptors (Lipinski definition) is 4. The molecule has 0 spiro atoms. The van der Waals surface area contributed by atoms with Crippen molar-refractivity contribution in [2.24, 2.45) is 0 Å². The van der Waals surface area contributed by atoms with Crippen molar-refractivity contribution in [2.45, 2.75) is 16.7 Å². The summed E-state index contributed by atoms with van der Waals surface area (Å²) < 4.78 is 14.7.